The van der Waals surface area contributed by atoms with Gasteiger partial charge < -0.3 is 4.90 Å². The lowest BCUT2D eigenvalue weighted by atomic mass is 10.1. The Hall–Kier alpha value is -2.85. The van der Waals surface area contributed by atoms with Crippen LogP contribution >= 0.6 is 0 Å². The predicted octanol–water partition coefficient (Wildman–Crippen LogP) is 1.90. The quantitative estimate of drug-likeness (QED) is 0.612. The number of carbonyl (C=O) groups excluding carboxylic acids is 2. The number of hydrogen-bond donors (Lipinski definition) is 0. The molecule has 2 saturated heterocycles. The van der Waals surface area contributed by atoms with Crippen molar-refractivity contribution in [1.82, 2.24) is 19.7 Å². The molecule has 0 unspecified atom stereocenters. The molecule has 1 aromatic carbocycles. The number of amides is 3. The van der Waals surface area contributed by atoms with Gasteiger partial charge >= 0.3 is 6.03 Å². The molecule has 3 amide bonds. The molecule has 32 heavy (non-hydrogen) atoms. The zero-order valence-electron chi connectivity index (χ0n) is 17.8. The van der Waals surface area contributed by atoms with Gasteiger partial charge in [0.1, 0.15) is 12.4 Å². The first-order chi connectivity index (χ1) is 15.3. The normalized spacial score (nSPS) is 19.1. The highest BCUT2D eigenvalue weighted by molar-refractivity contribution is 7.91. The first kappa shape index (κ1) is 22.3. The van der Waals surface area contributed by atoms with E-state index in [1.807, 2.05) is 29.2 Å². The Kier molecular flexibility index (Phi) is 6.25. The van der Waals surface area contributed by atoms with Gasteiger partial charge in [0.25, 0.3) is 0 Å². The van der Waals surface area contributed by atoms with Crippen LogP contribution in [0.4, 0.5) is 9.18 Å². The van der Waals surface area contributed by atoms with Crippen molar-refractivity contribution in [1.29, 1.82) is 0 Å². The minimum atomic E-state index is -2.99. The molecular formula is C22H25FN4O4S. The highest BCUT2D eigenvalue weighted by Gasteiger charge is 2.34. The molecule has 2 aromatic rings. The summed E-state index contributed by atoms with van der Waals surface area (Å²) in [6, 6.07) is 10.1. The number of hydrogen-bond acceptors (Lipinski definition) is 6. The average Bonchev–Trinajstić information content (AvgIpc) is 3.04. The van der Waals surface area contributed by atoms with E-state index in [1.165, 1.54) is 15.9 Å². The maximum atomic E-state index is 14.3. The maximum Gasteiger partial charge on any atom is 0.327 e. The van der Waals surface area contributed by atoms with Crippen molar-refractivity contribution >= 4 is 21.8 Å². The van der Waals surface area contributed by atoms with Gasteiger partial charge in [0.05, 0.1) is 22.9 Å². The molecule has 170 valence electrons. The van der Waals surface area contributed by atoms with Gasteiger partial charge in [0, 0.05) is 38.3 Å². The van der Waals surface area contributed by atoms with E-state index in [1.54, 1.807) is 13.0 Å². The van der Waals surface area contributed by atoms with Crippen LogP contribution < -0.4 is 0 Å². The lowest BCUT2D eigenvalue weighted by Gasteiger charge is -2.26. The molecule has 0 spiro atoms. The standard InChI is InChI=1S/C22H25FN4O4S/c1-2-27-21(28)15-26(22(27)29)13-16-3-5-17(6-4-16)19-8-7-18(23)20(24-19)14-25-9-11-32(30,31)12-10-25/h3-8H,2,9-15H2,1H3. The largest absolute Gasteiger partial charge is 0.327 e. The maximum absolute atomic E-state index is 14.3. The van der Waals surface area contributed by atoms with Crippen LogP contribution in [0.2, 0.25) is 0 Å². The summed E-state index contributed by atoms with van der Waals surface area (Å²) in [5.74, 6) is -0.451. The second kappa shape index (κ2) is 8.95. The van der Waals surface area contributed by atoms with Gasteiger partial charge in [-0.15, -0.1) is 0 Å². The Morgan fingerprint density at radius 1 is 1.00 bits per heavy atom. The molecule has 10 heteroatoms. The Morgan fingerprint density at radius 3 is 2.31 bits per heavy atom. The van der Waals surface area contributed by atoms with Crippen molar-refractivity contribution in [2.45, 2.75) is 20.0 Å². The number of sulfone groups is 1. The number of imide groups is 1. The summed E-state index contributed by atoms with van der Waals surface area (Å²) in [5.41, 5.74) is 2.58. The molecule has 3 heterocycles. The van der Waals surface area contributed by atoms with Crippen LogP contribution in [0.1, 0.15) is 18.2 Å². The van der Waals surface area contributed by atoms with Gasteiger partial charge in [-0.1, -0.05) is 24.3 Å². The van der Waals surface area contributed by atoms with Crippen molar-refractivity contribution in [2.24, 2.45) is 0 Å². The van der Waals surface area contributed by atoms with E-state index >= 15 is 0 Å². The zero-order chi connectivity index (χ0) is 22.9. The molecule has 0 bridgehead atoms. The summed E-state index contributed by atoms with van der Waals surface area (Å²) in [4.78, 5) is 33.2. The van der Waals surface area contributed by atoms with E-state index in [0.717, 1.165) is 11.1 Å². The minimum absolute atomic E-state index is 0.0785. The summed E-state index contributed by atoms with van der Waals surface area (Å²) >= 11 is 0. The third kappa shape index (κ3) is 4.81. The SMILES string of the molecule is CCN1C(=O)CN(Cc2ccc(-c3ccc(F)c(CN4CCS(=O)(=O)CC4)n3)cc2)C1=O. The fraction of sp³-hybridized carbons (Fsp3) is 0.409. The molecule has 4 rings (SSSR count). The van der Waals surface area contributed by atoms with E-state index in [2.05, 4.69) is 4.98 Å². The van der Waals surface area contributed by atoms with Crippen molar-refractivity contribution in [2.75, 3.05) is 37.7 Å². The van der Waals surface area contributed by atoms with Gasteiger partial charge in [-0.05, 0) is 24.6 Å². The molecule has 8 nitrogen and oxygen atoms in total. The molecule has 0 saturated carbocycles. The number of benzene rings is 1. The fourth-order valence-electron chi connectivity index (χ4n) is 3.91. The van der Waals surface area contributed by atoms with Crippen LogP contribution in [0.25, 0.3) is 11.3 Å². The van der Waals surface area contributed by atoms with Gasteiger partial charge in [-0.25, -0.2) is 22.6 Å². The molecule has 0 radical (unpaired) electrons. The van der Waals surface area contributed by atoms with E-state index < -0.39 is 15.7 Å². The highest BCUT2D eigenvalue weighted by Crippen LogP contribution is 2.22. The number of halogens is 1. The highest BCUT2D eigenvalue weighted by atomic mass is 32.2. The number of rotatable bonds is 6. The fourth-order valence-corrected chi connectivity index (χ4v) is 5.18. The number of nitrogens with zero attached hydrogens (tertiary/aromatic N) is 4. The topological polar surface area (TPSA) is 90.9 Å². The summed E-state index contributed by atoms with van der Waals surface area (Å²) in [7, 11) is -2.99. The van der Waals surface area contributed by atoms with Crippen LogP contribution in [-0.4, -0.2) is 77.7 Å². The van der Waals surface area contributed by atoms with Crippen molar-refractivity contribution in [3.05, 3.63) is 53.5 Å². The first-order valence-corrected chi connectivity index (χ1v) is 12.3. The number of urea groups is 1. The van der Waals surface area contributed by atoms with E-state index in [9.17, 15) is 22.4 Å². The van der Waals surface area contributed by atoms with Crippen molar-refractivity contribution < 1.29 is 22.4 Å². The predicted molar refractivity (Wildman–Crippen MR) is 117 cm³/mol. The second-order valence-electron chi connectivity index (χ2n) is 8.03. The third-order valence-corrected chi connectivity index (χ3v) is 7.41. The minimum Gasteiger partial charge on any atom is -0.311 e. The third-order valence-electron chi connectivity index (χ3n) is 5.80. The monoisotopic (exact) mass is 460 g/mol. The molecule has 1 aromatic heterocycles. The molecule has 2 fully saturated rings. The van der Waals surface area contributed by atoms with Crippen LogP contribution in [0, 0.1) is 5.82 Å². The first-order valence-electron chi connectivity index (χ1n) is 10.5. The number of pyridine rings is 1. The molecule has 0 N–H and O–H groups in total. The number of likely N-dealkylation sites (N-methyl/N-ethyl adjacent to an activating group) is 1. The van der Waals surface area contributed by atoms with Gasteiger partial charge in [-0.2, -0.15) is 0 Å². The summed E-state index contributed by atoms with van der Waals surface area (Å²) in [6.45, 7) is 3.54. The van der Waals surface area contributed by atoms with E-state index in [4.69, 9.17) is 0 Å². The van der Waals surface area contributed by atoms with Gasteiger partial charge in [0.2, 0.25) is 5.91 Å². The summed E-state index contributed by atoms with van der Waals surface area (Å²) < 4.78 is 37.5. The molecule has 2 aliphatic heterocycles. The van der Waals surface area contributed by atoms with Gasteiger partial charge in [0.15, 0.2) is 9.84 Å². The Bertz CT molecular complexity index is 1120. The lowest BCUT2D eigenvalue weighted by molar-refractivity contribution is -0.125. The lowest BCUT2D eigenvalue weighted by Crippen LogP contribution is -2.40. The summed E-state index contributed by atoms with van der Waals surface area (Å²) in [6.07, 6.45) is 0. The molecule has 0 atom stereocenters. The van der Waals surface area contributed by atoms with Crippen LogP contribution in [0.15, 0.2) is 36.4 Å². The smallest absolute Gasteiger partial charge is 0.311 e. The zero-order valence-corrected chi connectivity index (χ0v) is 18.6. The van der Waals surface area contributed by atoms with Crippen molar-refractivity contribution in [3.8, 4) is 11.3 Å². The van der Waals surface area contributed by atoms with Crippen LogP contribution in [0.5, 0.6) is 0 Å². The van der Waals surface area contributed by atoms with E-state index in [-0.39, 0.29) is 42.2 Å². The molecule has 2 aliphatic rings. The molecular weight excluding hydrogens is 435 g/mol. The van der Waals surface area contributed by atoms with Crippen LogP contribution in [-0.2, 0) is 27.7 Å². The van der Waals surface area contributed by atoms with Gasteiger partial charge in [-0.3, -0.25) is 14.6 Å². The Balaban J connectivity index is 1.44. The Labute approximate surface area is 186 Å². The van der Waals surface area contributed by atoms with E-state index in [0.29, 0.717) is 31.9 Å². The Morgan fingerprint density at radius 2 is 1.69 bits per heavy atom. The van der Waals surface area contributed by atoms with Crippen LogP contribution in [0.3, 0.4) is 0 Å². The number of aromatic nitrogens is 1. The molecule has 0 aliphatic carbocycles. The second-order valence-corrected chi connectivity index (χ2v) is 10.3. The summed E-state index contributed by atoms with van der Waals surface area (Å²) in [5, 5.41) is 0. The van der Waals surface area contributed by atoms with Crippen molar-refractivity contribution in [3.63, 3.8) is 0 Å². The number of carbonyl (C=O) groups is 2. The average molecular weight is 461 g/mol.